The molecule has 2 aromatic heterocycles. The van der Waals surface area contributed by atoms with Gasteiger partial charge in [-0.15, -0.1) is 0 Å². The third-order valence-electron chi connectivity index (χ3n) is 8.11. The number of carbonyl (C=O) groups excluding carboxylic acids is 1. The molecule has 5 heterocycles. The maximum Gasteiger partial charge on any atom is 0.264 e. The predicted molar refractivity (Wildman–Crippen MR) is 149 cm³/mol. The van der Waals surface area contributed by atoms with E-state index in [-0.39, 0.29) is 29.1 Å². The molecule has 10 nitrogen and oxygen atoms in total. The lowest BCUT2D eigenvalue weighted by atomic mass is 9.86. The smallest absolute Gasteiger partial charge is 0.264 e. The van der Waals surface area contributed by atoms with E-state index in [2.05, 4.69) is 10.1 Å². The number of piperazine rings is 1. The first kappa shape index (κ1) is 27.2. The highest BCUT2D eigenvalue weighted by molar-refractivity contribution is 6.01. The molecular formula is C30H33N5O5. The summed E-state index contributed by atoms with van der Waals surface area (Å²) in [4.78, 5) is 29.6. The Labute approximate surface area is 233 Å². The van der Waals surface area contributed by atoms with Crippen molar-refractivity contribution in [1.29, 1.82) is 5.26 Å². The molecule has 3 aliphatic rings. The Morgan fingerprint density at radius 1 is 1.12 bits per heavy atom. The number of aromatic nitrogens is 2. The van der Waals surface area contributed by atoms with E-state index >= 15 is 0 Å². The first-order valence-corrected chi connectivity index (χ1v) is 13.2. The van der Waals surface area contributed by atoms with E-state index in [1.54, 1.807) is 43.7 Å². The number of piperidine rings is 1. The number of fused-ring (bicyclic) bond motifs is 2. The highest BCUT2D eigenvalue weighted by Gasteiger charge is 2.46. The van der Waals surface area contributed by atoms with Gasteiger partial charge >= 0.3 is 0 Å². The number of pyridine rings is 1. The van der Waals surface area contributed by atoms with Crippen molar-refractivity contribution in [2.75, 3.05) is 27.3 Å². The molecule has 10 heteroatoms. The molecule has 0 saturated carbocycles. The van der Waals surface area contributed by atoms with Gasteiger partial charge in [-0.25, -0.2) is 0 Å². The Hall–Kier alpha value is -4.36. The lowest BCUT2D eigenvalue weighted by Gasteiger charge is -2.56. The zero-order chi connectivity index (χ0) is 28.7. The molecule has 0 radical (unpaired) electrons. The summed E-state index contributed by atoms with van der Waals surface area (Å²) in [6.07, 6.45) is 4.30. The van der Waals surface area contributed by atoms with Crippen LogP contribution in [0.3, 0.4) is 0 Å². The van der Waals surface area contributed by atoms with E-state index in [0.717, 1.165) is 28.7 Å². The SMILES string of the molecule is COc1cc(-c2cn(C)c(=O)c(C)c2C)cc(OC)c1CN1C2CC1CN(C(=O)/C(C#N)=C/c1cc(C)on1)C2. The number of rotatable bonds is 7. The summed E-state index contributed by atoms with van der Waals surface area (Å²) in [5.41, 5.74) is 4.90. The fourth-order valence-corrected chi connectivity index (χ4v) is 5.77. The number of nitriles is 1. The lowest BCUT2D eigenvalue weighted by molar-refractivity contribution is -0.140. The number of methoxy groups -OCH3 is 2. The van der Waals surface area contributed by atoms with Gasteiger partial charge in [0.05, 0.1) is 19.8 Å². The van der Waals surface area contributed by atoms with Gasteiger partial charge in [0.1, 0.15) is 34.6 Å². The number of hydrogen-bond acceptors (Lipinski definition) is 8. The average molecular weight is 544 g/mol. The van der Waals surface area contributed by atoms with Gasteiger partial charge in [0.15, 0.2) is 0 Å². The van der Waals surface area contributed by atoms with Gasteiger partial charge in [-0.05, 0) is 56.5 Å². The minimum Gasteiger partial charge on any atom is -0.496 e. The Morgan fingerprint density at radius 2 is 1.77 bits per heavy atom. The monoisotopic (exact) mass is 543 g/mol. The minimum atomic E-state index is -0.292. The summed E-state index contributed by atoms with van der Waals surface area (Å²) in [5, 5.41) is 13.5. The molecule has 1 aromatic carbocycles. The van der Waals surface area contributed by atoms with Crippen LogP contribution in [0.15, 0.2) is 39.3 Å². The highest BCUT2D eigenvalue weighted by Crippen LogP contribution is 2.41. The second-order valence-electron chi connectivity index (χ2n) is 10.5. The lowest BCUT2D eigenvalue weighted by Crippen LogP contribution is -2.68. The summed E-state index contributed by atoms with van der Waals surface area (Å²) in [5.74, 6) is 1.73. The first-order valence-electron chi connectivity index (χ1n) is 13.2. The molecule has 0 spiro atoms. The molecule has 2 bridgehead atoms. The van der Waals surface area contributed by atoms with E-state index in [9.17, 15) is 14.9 Å². The topological polar surface area (TPSA) is 114 Å². The molecule has 3 aliphatic heterocycles. The fraction of sp³-hybridized carbons (Fsp3) is 0.400. The van der Waals surface area contributed by atoms with Crippen molar-refractivity contribution in [3.63, 3.8) is 0 Å². The molecular weight excluding hydrogens is 510 g/mol. The van der Waals surface area contributed by atoms with Crippen molar-refractivity contribution >= 4 is 12.0 Å². The van der Waals surface area contributed by atoms with Gasteiger partial charge in [0.25, 0.3) is 11.5 Å². The summed E-state index contributed by atoms with van der Waals surface area (Å²) in [6, 6.07) is 8.03. The zero-order valence-electron chi connectivity index (χ0n) is 23.6. The second-order valence-corrected chi connectivity index (χ2v) is 10.5. The van der Waals surface area contributed by atoms with Crippen LogP contribution in [0.25, 0.3) is 17.2 Å². The van der Waals surface area contributed by atoms with Crippen LogP contribution in [0.5, 0.6) is 11.5 Å². The molecule has 0 aliphatic carbocycles. The van der Waals surface area contributed by atoms with E-state index in [0.29, 0.717) is 48.2 Å². The molecule has 0 N–H and O–H groups in total. The molecule has 3 saturated heterocycles. The van der Waals surface area contributed by atoms with Crippen LogP contribution < -0.4 is 15.0 Å². The van der Waals surface area contributed by atoms with Crippen molar-refractivity contribution in [1.82, 2.24) is 19.5 Å². The number of nitrogens with zero attached hydrogens (tertiary/aromatic N) is 5. The van der Waals surface area contributed by atoms with Crippen LogP contribution in [0, 0.1) is 32.1 Å². The van der Waals surface area contributed by atoms with Crippen molar-refractivity contribution in [3.8, 4) is 28.7 Å². The van der Waals surface area contributed by atoms with Crippen LogP contribution in [0.4, 0.5) is 0 Å². The van der Waals surface area contributed by atoms with Crippen LogP contribution >= 0.6 is 0 Å². The number of ether oxygens (including phenoxy) is 2. The predicted octanol–water partition coefficient (Wildman–Crippen LogP) is 3.38. The molecule has 1 amide bonds. The van der Waals surface area contributed by atoms with Crippen molar-refractivity contribution in [3.05, 3.63) is 68.5 Å². The minimum absolute atomic E-state index is 0.0146. The number of aryl methyl sites for hydroxylation is 2. The third kappa shape index (κ3) is 4.77. The number of amides is 1. The third-order valence-corrected chi connectivity index (χ3v) is 8.11. The average Bonchev–Trinajstić information content (AvgIpc) is 3.38. The molecule has 40 heavy (non-hydrogen) atoms. The largest absolute Gasteiger partial charge is 0.496 e. The molecule has 208 valence electrons. The second kappa shape index (κ2) is 10.7. The van der Waals surface area contributed by atoms with Crippen LogP contribution in [0.1, 0.15) is 34.6 Å². The van der Waals surface area contributed by atoms with E-state index in [4.69, 9.17) is 14.0 Å². The maximum absolute atomic E-state index is 13.1. The molecule has 3 fully saturated rings. The Bertz CT molecular complexity index is 1570. The van der Waals surface area contributed by atoms with E-state index in [1.165, 1.54) is 6.08 Å². The number of hydrogen-bond donors (Lipinski definition) is 0. The highest BCUT2D eigenvalue weighted by atomic mass is 16.5. The van der Waals surface area contributed by atoms with Gasteiger partial charge in [0.2, 0.25) is 0 Å². The van der Waals surface area contributed by atoms with Gasteiger partial charge in [-0.2, -0.15) is 5.26 Å². The van der Waals surface area contributed by atoms with Gasteiger partial charge in [-0.1, -0.05) is 5.16 Å². The van der Waals surface area contributed by atoms with E-state index < -0.39 is 0 Å². The standard InChI is InChI=1S/C30H33N5O5/c1-17-7-22(32-40-17)8-21(12-31)30(37)34-13-23-11-24(14-34)35(23)16-26-27(38-5)9-20(10-28(26)39-6)25-15-33(4)29(36)19(3)18(25)2/h7-10,15,23-24H,11,13-14,16H2,1-6H3/b21-8+. The Morgan fingerprint density at radius 3 is 2.33 bits per heavy atom. The Kier molecular flexibility index (Phi) is 7.25. The number of benzene rings is 1. The summed E-state index contributed by atoms with van der Waals surface area (Å²) in [7, 11) is 5.04. The molecule has 2 unspecified atom stereocenters. The van der Waals surface area contributed by atoms with Gasteiger partial charge < -0.3 is 23.5 Å². The summed E-state index contributed by atoms with van der Waals surface area (Å²) in [6.45, 7) is 7.22. The quantitative estimate of drug-likeness (QED) is 0.329. The zero-order valence-corrected chi connectivity index (χ0v) is 23.6. The Balaban J connectivity index is 1.36. The fourth-order valence-electron chi connectivity index (χ4n) is 5.77. The van der Waals surface area contributed by atoms with Crippen LogP contribution in [0.2, 0.25) is 0 Å². The maximum atomic E-state index is 13.1. The molecule has 2 atom stereocenters. The summed E-state index contributed by atoms with van der Waals surface area (Å²) >= 11 is 0. The van der Waals surface area contributed by atoms with Crippen molar-refractivity contribution in [2.24, 2.45) is 7.05 Å². The van der Waals surface area contributed by atoms with Crippen molar-refractivity contribution in [2.45, 2.75) is 45.8 Å². The first-order chi connectivity index (χ1) is 19.1. The normalized spacial score (nSPS) is 18.7. The number of carbonyl (C=O) groups is 1. The van der Waals surface area contributed by atoms with Crippen LogP contribution in [-0.2, 0) is 18.4 Å². The molecule has 3 aromatic rings. The van der Waals surface area contributed by atoms with Crippen LogP contribution in [-0.4, -0.2) is 64.8 Å². The summed E-state index contributed by atoms with van der Waals surface area (Å²) < 4.78 is 18.3. The van der Waals surface area contributed by atoms with Gasteiger partial charge in [0, 0.05) is 62.2 Å². The van der Waals surface area contributed by atoms with E-state index in [1.807, 2.05) is 38.2 Å². The van der Waals surface area contributed by atoms with Gasteiger partial charge in [-0.3, -0.25) is 14.5 Å². The molecule has 6 rings (SSSR count). The van der Waals surface area contributed by atoms with Crippen molar-refractivity contribution < 1.29 is 18.8 Å².